The smallest absolute Gasteiger partial charge is 0.318 e. The summed E-state index contributed by atoms with van der Waals surface area (Å²) in [6, 6.07) is -0.728. The molecule has 0 fully saturated rings. The summed E-state index contributed by atoms with van der Waals surface area (Å²) in [5, 5.41) is 14.9. The lowest BCUT2D eigenvalue weighted by molar-refractivity contribution is -0.138. The van der Waals surface area contributed by atoms with E-state index in [1.165, 1.54) is 11.3 Å². The summed E-state index contributed by atoms with van der Waals surface area (Å²) in [7, 11) is 0. The van der Waals surface area contributed by atoms with E-state index in [0.29, 0.717) is 12.4 Å². The highest BCUT2D eigenvalue weighted by molar-refractivity contribution is 5.75. The number of carbonyl (C=O) groups is 2. The molecule has 8 nitrogen and oxygen atoms in total. The van der Waals surface area contributed by atoms with Gasteiger partial charge in [-0.1, -0.05) is 5.16 Å². The maximum absolute atomic E-state index is 11.8. The molecule has 0 spiro atoms. The van der Waals surface area contributed by atoms with Crippen LogP contribution < -0.4 is 5.32 Å². The second kappa shape index (κ2) is 6.58. The first kappa shape index (κ1) is 13.9. The summed E-state index contributed by atoms with van der Waals surface area (Å²) in [6.07, 6.45) is 1.08. The maximum Gasteiger partial charge on any atom is 0.318 e. The van der Waals surface area contributed by atoms with Crippen LogP contribution in [0.15, 0.2) is 10.9 Å². The fourth-order valence-corrected chi connectivity index (χ4v) is 1.54. The molecule has 1 unspecified atom stereocenters. The average molecular weight is 256 g/mol. The quantitative estimate of drug-likeness (QED) is 0.765. The molecule has 8 heteroatoms. The predicted octanol–water partition coefficient (Wildman–Crippen LogP) is 0.464. The van der Waals surface area contributed by atoms with Gasteiger partial charge in [-0.2, -0.15) is 4.98 Å². The first-order chi connectivity index (χ1) is 8.54. The summed E-state index contributed by atoms with van der Waals surface area (Å²) in [4.78, 5) is 27.6. The normalized spacial score (nSPS) is 11.9. The van der Waals surface area contributed by atoms with Gasteiger partial charge in [-0.3, -0.25) is 4.79 Å². The van der Waals surface area contributed by atoms with Crippen molar-refractivity contribution in [1.82, 2.24) is 20.4 Å². The summed E-state index contributed by atoms with van der Waals surface area (Å²) >= 11 is 0. The van der Waals surface area contributed by atoms with E-state index >= 15 is 0 Å². The molecule has 0 saturated carbocycles. The molecule has 0 aliphatic carbocycles. The Morgan fingerprint density at radius 2 is 2.33 bits per heavy atom. The number of nitrogens with zero attached hydrogens (tertiary/aromatic N) is 3. The van der Waals surface area contributed by atoms with Crippen LogP contribution in [0.4, 0.5) is 4.79 Å². The molecule has 1 aromatic heterocycles. The molecule has 1 atom stereocenters. The van der Waals surface area contributed by atoms with Crippen molar-refractivity contribution in [1.29, 1.82) is 0 Å². The monoisotopic (exact) mass is 256 g/mol. The molecule has 0 bridgehead atoms. The number of carboxylic acid groups (broad SMARTS) is 1. The minimum Gasteiger partial charge on any atom is -0.481 e. The molecule has 0 aliphatic rings. The van der Waals surface area contributed by atoms with Crippen molar-refractivity contribution in [2.24, 2.45) is 0 Å². The molecule has 0 aromatic carbocycles. The van der Waals surface area contributed by atoms with Crippen molar-refractivity contribution in [2.75, 3.05) is 6.54 Å². The van der Waals surface area contributed by atoms with Gasteiger partial charge in [0.1, 0.15) is 0 Å². The fourth-order valence-electron chi connectivity index (χ4n) is 1.54. The molecule has 0 radical (unpaired) electrons. The minimum atomic E-state index is -0.938. The lowest BCUT2D eigenvalue weighted by Gasteiger charge is -2.26. The third-order valence-electron chi connectivity index (χ3n) is 2.41. The number of rotatable bonds is 6. The lowest BCUT2D eigenvalue weighted by atomic mass is 10.2. The Labute approximate surface area is 104 Å². The molecule has 2 N–H and O–H groups in total. The van der Waals surface area contributed by atoms with Gasteiger partial charge < -0.3 is 19.8 Å². The van der Waals surface area contributed by atoms with Gasteiger partial charge in [0.05, 0.1) is 13.0 Å². The number of hydrogen-bond acceptors (Lipinski definition) is 5. The topological polar surface area (TPSA) is 109 Å². The first-order valence-electron chi connectivity index (χ1n) is 5.56. The number of nitrogens with one attached hydrogen (secondary N) is 1. The Bertz CT molecular complexity index is 393. The summed E-state index contributed by atoms with van der Waals surface area (Å²) < 4.78 is 4.53. The number of amides is 2. The Morgan fingerprint density at radius 1 is 1.61 bits per heavy atom. The van der Waals surface area contributed by atoms with E-state index in [9.17, 15) is 9.59 Å². The second-order valence-corrected chi connectivity index (χ2v) is 3.74. The van der Waals surface area contributed by atoms with E-state index in [-0.39, 0.29) is 25.0 Å². The Kier molecular flexibility index (Phi) is 5.09. The highest BCUT2D eigenvalue weighted by atomic mass is 16.5. The van der Waals surface area contributed by atoms with Crippen molar-refractivity contribution < 1.29 is 19.2 Å². The van der Waals surface area contributed by atoms with Crippen LogP contribution in [0.5, 0.6) is 0 Å². The molecule has 1 rings (SSSR count). The zero-order valence-corrected chi connectivity index (χ0v) is 10.3. The van der Waals surface area contributed by atoms with E-state index in [4.69, 9.17) is 5.11 Å². The van der Waals surface area contributed by atoms with Crippen LogP contribution in [0.1, 0.15) is 26.1 Å². The largest absolute Gasteiger partial charge is 0.481 e. The third-order valence-corrected chi connectivity index (χ3v) is 2.41. The van der Waals surface area contributed by atoms with Gasteiger partial charge >= 0.3 is 12.0 Å². The highest BCUT2D eigenvalue weighted by Gasteiger charge is 2.20. The van der Waals surface area contributed by atoms with Gasteiger partial charge in [0.15, 0.2) is 5.82 Å². The molecular weight excluding hydrogens is 240 g/mol. The van der Waals surface area contributed by atoms with Crippen LogP contribution in [0.25, 0.3) is 0 Å². The van der Waals surface area contributed by atoms with Crippen LogP contribution in [0.3, 0.4) is 0 Å². The van der Waals surface area contributed by atoms with Gasteiger partial charge in [-0.25, -0.2) is 4.79 Å². The first-order valence-corrected chi connectivity index (χ1v) is 5.56. The number of carboxylic acids is 1. The number of aromatic nitrogens is 2. The number of aliphatic carboxylic acids is 1. The molecule has 0 aliphatic heterocycles. The SMILES string of the molecule is CCN(C(=O)NCc1ncon1)C(C)CC(=O)O. The van der Waals surface area contributed by atoms with Crippen molar-refractivity contribution >= 4 is 12.0 Å². The van der Waals surface area contributed by atoms with Gasteiger partial charge in [-0.15, -0.1) is 0 Å². The van der Waals surface area contributed by atoms with E-state index < -0.39 is 5.97 Å². The highest BCUT2D eigenvalue weighted by Crippen LogP contribution is 2.04. The van der Waals surface area contributed by atoms with Gasteiger partial charge in [0, 0.05) is 12.6 Å². The second-order valence-electron chi connectivity index (χ2n) is 3.74. The summed E-state index contributed by atoms with van der Waals surface area (Å²) in [6.45, 7) is 4.04. The van der Waals surface area contributed by atoms with Crippen LogP contribution in [-0.4, -0.2) is 44.7 Å². The van der Waals surface area contributed by atoms with Gasteiger partial charge in [-0.05, 0) is 13.8 Å². The molecule has 18 heavy (non-hydrogen) atoms. The zero-order valence-electron chi connectivity index (χ0n) is 10.3. The average Bonchev–Trinajstić information content (AvgIpc) is 2.79. The standard InChI is InChI=1S/C10H16N4O4/c1-3-14(7(2)4-9(15)16)10(17)11-5-8-12-6-18-13-8/h6-7H,3-5H2,1-2H3,(H,11,17)(H,15,16). The fraction of sp³-hybridized carbons (Fsp3) is 0.600. The van der Waals surface area contributed by atoms with E-state index in [1.807, 2.05) is 0 Å². The van der Waals surface area contributed by atoms with E-state index in [2.05, 4.69) is 20.0 Å². The molecule has 1 heterocycles. The van der Waals surface area contributed by atoms with Crippen LogP contribution >= 0.6 is 0 Å². The number of hydrogen-bond donors (Lipinski definition) is 2. The van der Waals surface area contributed by atoms with Crippen LogP contribution in [0.2, 0.25) is 0 Å². The Hall–Kier alpha value is -2.12. The maximum atomic E-state index is 11.8. The molecule has 1 aromatic rings. The molecule has 100 valence electrons. The molecule has 2 amide bonds. The number of carbonyl (C=O) groups excluding carboxylic acids is 1. The van der Waals surface area contributed by atoms with Crippen LogP contribution in [0, 0.1) is 0 Å². The van der Waals surface area contributed by atoms with Gasteiger partial charge in [0.2, 0.25) is 6.39 Å². The van der Waals surface area contributed by atoms with Crippen molar-refractivity contribution in [3.05, 3.63) is 12.2 Å². The lowest BCUT2D eigenvalue weighted by Crippen LogP contribution is -2.45. The Morgan fingerprint density at radius 3 is 2.83 bits per heavy atom. The zero-order chi connectivity index (χ0) is 13.5. The third kappa shape index (κ3) is 4.04. The number of urea groups is 1. The molecule has 0 saturated heterocycles. The van der Waals surface area contributed by atoms with E-state index in [1.54, 1.807) is 13.8 Å². The Balaban J connectivity index is 2.48. The minimum absolute atomic E-state index is 0.0938. The molecular formula is C10H16N4O4. The van der Waals surface area contributed by atoms with Gasteiger partial charge in [0.25, 0.3) is 0 Å². The summed E-state index contributed by atoms with van der Waals surface area (Å²) in [5.74, 6) is -0.572. The van der Waals surface area contributed by atoms with Crippen molar-refractivity contribution in [2.45, 2.75) is 32.9 Å². The predicted molar refractivity (Wildman–Crippen MR) is 60.6 cm³/mol. The van der Waals surface area contributed by atoms with Crippen molar-refractivity contribution in [3.63, 3.8) is 0 Å². The van der Waals surface area contributed by atoms with Crippen molar-refractivity contribution in [3.8, 4) is 0 Å². The summed E-state index contributed by atoms with van der Waals surface area (Å²) in [5.41, 5.74) is 0. The van der Waals surface area contributed by atoms with E-state index in [0.717, 1.165) is 0 Å². The van der Waals surface area contributed by atoms with Crippen LogP contribution in [-0.2, 0) is 11.3 Å².